The summed E-state index contributed by atoms with van der Waals surface area (Å²) in [5, 5.41) is 3.22. The molecule has 3 aromatic rings. The van der Waals surface area contributed by atoms with Gasteiger partial charge >= 0.3 is 0 Å². The third-order valence-corrected chi connectivity index (χ3v) is 5.57. The van der Waals surface area contributed by atoms with Crippen LogP contribution in [0.2, 0.25) is 0 Å². The van der Waals surface area contributed by atoms with E-state index in [1.807, 2.05) is 66.2 Å². The molecule has 7 nitrogen and oxygen atoms in total. The molecular weight excluding hydrogens is 421 g/mol. The van der Waals surface area contributed by atoms with Crippen LogP contribution in [0.4, 0.5) is 21.7 Å². The van der Waals surface area contributed by atoms with Gasteiger partial charge in [-0.15, -0.1) is 0 Å². The second-order valence-corrected chi connectivity index (χ2v) is 8.09. The summed E-state index contributed by atoms with van der Waals surface area (Å²) in [6, 6.07) is 17.8. The van der Waals surface area contributed by atoms with Gasteiger partial charge in [0.2, 0.25) is 5.91 Å². The van der Waals surface area contributed by atoms with Crippen LogP contribution in [0.25, 0.3) is 0 Å². The van der Waals surface area contributed by atoms with Crippen LogP contribution in [0, 0.1) is 12.7 Å². The number of nitrogens with one attached hydrogen (secondary N) is 1. The van der Waals surface area contributed by atoms with Gasteiger partial charge in [-0.3, -0.25) is 4.79 Å². The Balaban J connectivity index is 1.35. The number of aryl methyl sites for hydroxylation is 1. The minimum Gasteiger partial charge on any atom is -0.374 e. The highest BCUT2D eigenvalue weighted by molar-refractivity contribution is 5.77. The molecule has 172 valence electrons. The Bertz CT molecular complexity index is 1110. The molecule has 0 bridgehead atoms. The third-order valence-electron chi connectivity index (χ3n) is 5.57. The van der Waals surface area contributed by atoms with Crippen molar-refractivity contribution in [3.8, 4) is 0 Å². The lowest BCUT2D eigenvalue weighted by atomic mass is 10.1. The highest BCUT2D eigenvalue weighted by atomic mass is 19.1. The fourth-order valence-corrected chi connectivity index (χ4v) is 3.76. The lowest BCUT2D eigenvalue weighted by Crippen LogP contribution is -2.43. The van der Waals surface area contributed by atoms with Crippen LogP contribution in [0.5, 0.6) is 0 Å². The summed E-state index contributed by atoms with van der Waals surface area (Å²) in [7, 11) is 1.86. The number of ether oxygens (including phenoxy) is 1. The van der Waals surface area contributed by atoms with Crippen LogP contribution in [0.15, 0.2) is 60.7 Å². The number of benzene rings is 1. The fourth-order valence-electron chi connectivity index (χ4n) is 3.76. The number of halogens is 1. The van der Waals surface area contributed by atoms with E-state index >= 15 is 0 Å². The molecule has 0 aliphatic carbocycles. The van der Waals surface area contributed by atoms with Crippen LogP contribution in [0.3, 0.4) is 0 Å². The van der Waals surface area contributed by atoms with E-state index in [4.69, 9.17) is 4.74 Å². The predicted octanol–water partition coefficient (Wildman–Crippen LogP) is 4.09. The number of aromatic nitrogens is 2. The van der Waals surface area contributed by atoms with Crippen molar-refractivity contribution < 1.29 is 13.9 Å². The van der Waals surface area contributed by atoms with Gasteiger partial charge in [0, 0.05) is 37.9 Å². The Morgan fingerprint density at radius 2 is 1.91 bits per heavy atom. The Labute approximate surface area is 193 Å². The standard InChI is InChI=1S/C25H28FN5O2/c1-18-6-3-10-23(27-18)29-24-11-5-9-21(28-24)22-17-31(14-15-33-22)25(32)12-13-30(2)20-8-4-7-19(26)16-20/h3-11,16,22H,12-15,17H2,1-2H3,(H,27,28,29)/t22-/m1/s1. The molecule has 1 atom stereocenters. The Kier molecular flexibility index (Phi) is 7.14. The zero-order valence-electron chi connectivity index (χ0n) is 18.9. The number of hydrogen-bond donors (Lipinski definition) is 1. The van der Waals surface area contributed by atoms with Crippen molar-refractivity contribution in [2.75, 3.05) is 43.5 Å². The SMILES string of the molecule is Cc1cccc(Nc2cccc([C@H]3CN(C(=O)CCN(C)c4cccc(F)c4)CCO3)n2)n1. The summed E-state index contributed by atoms with van der Waals surface area (Å²) in [6.07, 6.45) is 0.0456. The maximum absolute atomic E-state index is 13.5. The number of hydrogen-bond acceptors (Lipinski definition) is 6. The Morgan fingerprint density at radius 1 is 1.15 bits per heavy atom. The molecule has 0 radical (unpaired) electrons. The minimum atomic E-state index is -0.295. The molecule has 1 aliphatic rings. The van der Waals surface area contributed by atoms with Crippen molar-refractivity contribution in [1.82, 2.24) is 14.9 Å². The largest absolute Gasteiger partial charge is 0.374 e. The number of amides is 1. The van der Waals surface area contributed by atoms with Crippen LogP contribution in [0.1, 0.15) is 23.9 Å². The number of morpholine rings is 1. The van der Waals surface area contributed by atoms with E-state index in [-0.39, 0.29) is 17.8 Å². The van der Waals surface area contributed by atoms with Crippen molar-refractivity contribution in [2.45, 2.75) is 19.4 Å². The first-order valence-corrected chi connectivity index (χ1v) is 11.0. The number of nitrogens with zero attached hydrogens (tertiary/aromatic N) is 4. The van der Waals surface area contributed by atoms with Crippen molar-refractivity contribution in [1.29, 1.82) is 0 Å². The summed E-state index contributed by atoms with van der Waals surface area (Å²) >= 11 is 0. The van der Waals surface area contributed by atoms with Crippen molar-refractivity contribution >= 4 is 23.2 Å². The van der Waals surface area contributed by atoms with Gasteiger partial charge in [0.1, 0.15) is 23.6 Å². The smallest absolute Gasteiger partial charge is 0.224 e. The minimum absolute atomic E-state index is 0.0461. The predicted molar refractivity (Wildman–Crippen MR) is 126 cm³/mol. The molecule has 1 fully saturated rings. The van der Waals surface area contributed by atoms with Gasteiger partial charge in [-0.2, -0.15) is 0 Å². The van der Waals surface area contributed by atoms with Crippen LogP contribution < -0.4 is 10.2 Å². The summed E-state index contributed by atoms with van der Waals surface area (Å²) in [6.45, 7) is 3.89. The van der Waals surface area contributed by atoms with Gasteiger partial charge in [0.15, 0.2) is 0 Å². The quantitative estimate of drug-likeness (QED) is 0.586. The van der Waals surface area contributed by atoms with Crippen molar-refractivity contribution in [3.05, 3.63) is 77.9 Å². The normalized spacial score (nSPS) is 15.8. The van der Waals surface area contributed by atoms with E-state index < -0.39 is 0 Å². The van der Waals surface area contributed by atoms with E-state index in [9.17, 15) is 9.18 Å². The maximum atomic E-state index is 13.5. The molecular formula is C25H28FN5O2. The number of carbonyl (C=O) groups is 1. The van der Waals surface area contributed by atoms with Gasteiger partial charge in [0.05, 0.1) is 18.8 Å². The van der Waals surface area contributed by atoms with Gasteiger partial charge in [-0.1, -0.05) is 18.2 Å². The molecule has 1 aromatic carbocycles. The van der Waals surface area contributed by atoms with Crippen LogP contribution >= 0.6 is 0 Å². The second-order valence-electron chi connectivity index (χ2n) is 8.09. The van der Waals surface area contributed by atoms with E-state index in [2.05, 4.69) is 15.3 Å². The average molecular weight is 450 g/mol. The van der Waals surface area contributed by atoms with Crippen molar-refractivity contribution in [3.63, 3.8) is 0 Å². The van der Waals surface area contributed by atoms with Gasteiger partial charge in [0.25, 0.3) is 0 Å². The van der Waals surface area contributed by atoms with Crippen LogP contribution in [-0.2, 0) is 9.53 Å². The summed E-state index contributed by atoms with van der Waals surface area (Å²) in [5.74, 6) is 1.16. The number of carbonyl (C=O) groups excluding carboxylic acids is 1. The first-order chi connectivity index (χ1) is 16.0. The summed E-state index contributed by atoms with van der Waals surface area (Å²) < 4.78 is 19.4. The highest BCUT2D eigenvalue weighted by Gasteiger charge is 2.26. The van der Waals surface area contributed by atoms with Gasteiger partial charge in [-0.25, -0.2) is 14.4 Å². The van der Waals surface area contributed by atoms with Crippen LogP contribution in [-0.4, -0.2) is 54.1 Å². The third kappa shape index (κ3) is 6.04. The lowest BCUT2D eigenvalue weighted by Gasteiger charge is -2.33. The van der Waals surface area contributed by atoms with Gasteiger partial charge < -0.3 is 19.9 Å². The van der Waals surface area contributed by atoms with E-state index in [0.717, 1.165) is 22.9 Å². The summed E-state index contributed by atoms with van der Waals surface area (Å²) in [5.41, 5.74) is 2.44. The first kappa shape index (κ1) is 22.7. The molecule has 1 amide bonds. The van der Waals surface area contributed by atoms with Gasteiger partial charge in [-0.05, 0) is 49.4 Å². The number of rotatable bonds is 7. The molecule has 4 rings (SSSR count). The Hall–Kier alpha value is -3.52. The zero-order valence-corrected chi connectivity index (χ0v) is 18.9. The molecule has 33 heavy (non-hydrogen) atoms. The van der Waals surface area contributed by atoms with E-state index in [1.54, 1.807) is 6.07 Å². The highest BCUT2D eigenvalue weighted by Crippen LogP contribution is 2.23. The van der Waals surface area contributed by atoms with E-state index in [0.29, 0.717) is 38.5 Å². The number of pyridine rings is 2. The fraction of sp³-hybridized carbons (Fsp3) is 0.320. The molecule has 2 aromatic heterocycles. The second kappa shape index (κ2) is 10.4. The molecule has 8 heteroatoms. The van der Waals surface area contributed by atoms with Crippen molar-refractivity contribution in [2.24, 2.45) is 0 Å². The average Bonchev–Trinajstić information content (AvgIpc) is 2.82. The lowest BCUT2D eigenvalue weighted by molar-refractivity contribution is -0.138. The first-order valence-electron chi connectivity index (χ1n) is 11.0. The maximum Gasteiger partial charge on any atom is 0.224 e. The molecule has 0 spiro atoms. The topological polar surface area (TPSA) is 70.6 Å². The molecule has 0 saturated carbocycles. The zero-order chi connectivity index (χ0) is 23.2. The molecule has 1 N–H and O–H groups in total. The molecule has 0 unspecified atom stereocenters. The molecule has 1 aliphatic heterocycles. The Morgan fingerprint density at radius 3 is 2.70 bits per heavy atom. The van der Waals surface area contributed by atoms with E-state index in [1.165, 1.54) is 12.1 Å². The monoisotopic (exact) mass is 449 g/mol. The number of anilines is 3. The molecule has 1 saturated heterocycles. The molecule has 3 heterocycles. The summed E-state index contributed by atoms with van der Waals surface area (Å²) in [4.78, 5) is 25.7.